The summed E-state index contributed by atoms with van der Waals surface area (Å²) in [6.07, 6.45) is 1.83. The molecule has 3 rings (SSSR count). The Balaban J connectivity index is 1.97. The van der Waals surface area contributed by atoms with Gasteiger partial charge in [-0.1, -0.05) is 12.1 Å². The number of carboxylic acid groups (broad SMARTS) is 1. The Morgan fingerprint density at radius 3 is 2.62 bits per heavy atom. The van der Waals surface area contributed by atoms with Crippen LogP contribution in [0.4, 0.5) is 0 Å². The number of imidazole rings is 1. The maximum atomic E-state index is 10.9. The highest BCUT2D eigenvalue weighted by Crippen LogP contribution is 2.17. The lowest BCUT2D eigenvalue weighted by Gasteiger charge is -2.07. The number of hydrogen-bond donors (Lipinski definition) is 1. The van der Waals surface area contributed by atoms with E-state index in [1.807, 2.05) is 42.8 Å². The number of carbonyl (C=O) groups is 1. The van der Waals surface area contributed by atoms with Crippen LogP contribution in [0.15, 0.2) is 36.5 Å². The van der Waals surface area contributed by atoms with Gasteiger partial charge in [0.2, 0.25) is 0 Å². The average molecular weight is 281 g/mol. The molecule has 5 heteroatoms. The number of fused-ring (bicyclic) bond motifs is 1. The van der Waals surface area contributed by atoms with E-state index in [0.29, 0.717) is 12.1 Å². The fourth-order valence-electron chi connectivity index (χ4n) is 2.35. The van der Waals surface area contributed by atoms with Crippen molar-refractivity contribution >= 4 is 17.1 Å². The lowest BCUT2D eigenvalue weighted by molar-refractivity contribution is 0.0697. The van der Waals surface area contributed by atoms with Gasteiger partial charge in [0.1, 0.15) is 11.3 Å². The second-order valence-electron chi connectivity index (χ2n) is 5.10. The monoisotopic (exact) mass is 281 g/mol. The van der Waals surface area contributed by atoms with Crippen LogP contribution in [0, 0.1) is 13.8 Å². The van der Waals surface area contributed by atoms with Crippen LogP contribution in [0.3, 0.4) is 0 Å². The van der Waals surface area contributed by atoms with E-state index >= 15 is 0 Å². The molecule has 2 heterocycles. The lowest BCUT2D eigenvalue weighted by atomic mass is 10.1. The van der Waals surface area contributed by atoms with Gasteiger partial charge in [0.25, 0.3) is 0 Å². The molecule has 2 aromatic heterocycles. The van der Waals surface area contributed by atoms with Crippen LogP contribution in [-0.2, 0) is 6.54 Å². The van der Waals surface area contributed by atoms with Gasteiger partial charge in [-0.2, -0.15) is 0 Å². The predicted octanol–water partition coefficient (Wildman–Crippen LogP) is 2.79. The van der Waals surface area contributed by atoms with Gasteiger partial charge in [0.15, 0.2) is 5.65 Å². The fourth-order valence-corrected chi connectivity index (χ4v) is 2.35. The minimum atomic E-state index is -0.914. The normalized spacial score (nSPS) is 11.0. The SMILES string of the molecule is Cc1cnc2c(c1)nc(C)n2Cc1ccc(C(=O)O)cc1. The quantitative estimate of drug-likeness (QED) is 0.801. The van der Waals surface area contributed by atoms with Crippen molar-refractivity contribution in [1.29, 1.82) is 0 Å². The van der Waals surface area contributed by atoms with Crippen molar-refractivity contribution in [3.8, 4) is 0 Å². The van der Waals surface area contributed by atoms with Crippen molar-refractivity contribution in [3.05, 3.63) is 59.0 Å². The molecule has 0 aliphatic heterocycles. The number of aromatic nitrogens is 3. The van der Waals surface area contributed by atoms with Gasteiger partial charge in [-0.05, 0) is 43.2 Å². The smallest absolute Gasteiger partial charge is 0.335 e. The van der Waals surface area contributed by atoms with Gasteiger partial charge < -0.3 is 9.67 Å². The van der Waals surface area contributed by atoms with Crippen molar-refractivity contribution in [3.63, 3.8) is 0 Å². The van der Waals surface area contributed by atoms with Gasteiger partial charge in [-0.25, -0.2) is 14.8 Å². The first-order chi connectivity index (χ1) is 10.0. The highest BCUT2D eigenvalue weighted by molar-refractivity contribution is 5.87. The highest BCUT2D eigenvalue weighted by Gasteiger charge is 2.10. The molecule has 0 aliphatic rings. The van der Waals surface area contributed by atoms with Crippen molar-refractivity contribution < 1.29 is 9.90 Å². The number of carboxylic acids is 1. The maximum Gasteiger partial charge on any atom is 0.335 e. The summed E-state index contributed by atoms with van der Waals surface area (Å²) in [6.45, 7) is 4.56. The standard InChI is InChI=1S/C16H15N3O2/c1-10-7-14-15(17-8-10)19(11(2)18-14)9-12-3-5-13(6-4-12)16(20)21/h3-8H,9H2,1-2H3,(H,20,21). The first-order valence-electron chi connectivity index (χ1n) is 6.66. The molecule has 0 bridgehead atoms. The minimum Gasteiger partial charge on any atom is -0.478 e. The van der Waals surface area contributed by atoms with Gasteiger partial charge >= 0.3 is 5.97 Å². The Morgan fingerprint density at radius 2 is 1.95 bits per heavy atom. The van der Waals surface area contributed by atoms with Gasteiger partial charge in [-0.15, -0.1) is 0 Å². The molecular formula is C16H15N3O2. The Kier molecular flexibility index (Phi) is 3.17. The maximum absolute atomic E-state index is 10.9. The molecule has 3 aromatic rings. The Bertz CT molecular complexity index is 819. The first kappa shape index (κ1) is 13.3. The summed E-state index contributed by atoms with van der Waals surface area (Å²) in [7, 11) is 0. The number of aryl methyl sites for hydroxylation is 2. The van der Waals surface area contributed by atoms with E-state index < -0.39 is 5.97 Å². The molecule has 5 nitrogen and oxygen atoms in total. The number of pyridine rings is 1. The van der Waals surface area contributed by atoms with E-state index in [4.69, 9.17) is 5.11 Å². The Labute approximate surface area is 121 Å². The first-order valence-corrected chi connectivity index (χ1v) is 6.66. The predicted molar refractivity (Wildman–Crippen MR) is 79.5 cm³/mol. The highest BCUT2D eigenvalue weighted by atomic mass is 16.4. The second-order valence-corrected chi connectivity index (χ2v) is 5.10. The number of nitrogens with zero attached hydrogens (tertiary/aromatic N) is 3. The second kappa shape index (κ2) is 5.01. The van der Waals surface area contributed by atoms with Gasteiger partial charge in [0.05, 0.1) is 12.1 Å². The molecule has 21 heavy (non-hydrogen) atoms. The molecule has 0 unspecified atom stereocenters. The zero-order chi connectivity index (χ0) is 15.0. The van der Waals surface area contributed by atoms with Crippen LogP contribution < -0.4 is 0 Å². The van der Waals surface area contributed by atoms with Crippen molar-refractivity contribution in [2.24, 2.45) is 0 Å². The number of aromatic carboxylic acids is 1. The summed E-state index contributed by atoms with van der Waals surface area (Å²) in [6, 6.07) is 8.89. The number of hydrogen-bond acceptors (Lipinski definition) is 3. The van der Waals surface area contributed by atoms with Crippen LogP contribution >= 0.6 is 0 Å². The van der Waals surface area contributed by atoms with E-state index in [1.165, 1.54) is 0 Å². The zero-order valence-corrected chi connectivity index (χ0v) is 11.9. The molecule has 0 amide bonds. The summed E-state index contributed by atoms with van der Waals surface area (Å²) in [5.74, 6) is -0.0200. The zero-order valence-electron chi connectivity index (χ0n) is 11.9. The van der Waals surface area contributed by atoms with Crippen molar-refractivity contribution in [1.82, 2.24) is 14.5 Å². The molecule has 0 fully saturated rings. The molecule has 0 atom stereocenters. The largest absolute Gasteiger partial charge is 0.478 e. The molecular weight excluding hydrogens is 266 g/mol. The van der Waals surface area contributed by atoms with Gasteiger partial charge in [0, 0.05) is 6.20 Å². The summed E-state index contributed by atoms with van der Waals surface area (Å²) < 4.78 is 2.03. The molecule has 0 spiro atoms. The molecule has 0 radical (unpaired) electrons. The molecule has 0 saturated heterocycles. The molecule has 106 valence electrons. The Morgan fingerprint density at radius 1 is 1.24 bits per heavy atom. The van der Waals surface area contributed by atoms with Crippen LogP contribution in [0.25, 0.3) is 11.2 Å². The third-order valence-corrected chi connectivity index (χ3v) is 3.45. The minimum absolute atomic E-state index is 0.291. The molecule has 0 aliphatic carbocycles. The van der Waals surface area contributed by atoms with E-state index in [9.17, 15) is 4.79 Å². The summed E-state index contributed by atoms with van der Waals surface area (Å²) >= 11 is 0. The summed E-state index contributed by atoms with van der Waals surface area (Å²) in [5, 5.41) is 8.92. The molecule has 1 aromatic carbocycles. The van der Waals surface area contributed by atoms with Crippen LogP contribution in [-0.4, -0.2) is 25.6 Å². The molecule has 1 N–H and O–H groups in total. The van der Waals surface area contributed by atoms with E-state index in [-0.39, 0.29) is 0 Å². The average Bonchev–Trinajstić information content (AvgIpc) is 2.75. The van der Waals surface area contributed by atoms with E-state index in [1.54, 1.807) is 12.1 Å². The summed E-state index contributed by atoms with van der Waals surface area (Å²) in [4.78, 5) is 19.8. The van der Waals surface area contributed by atoms with E-state index in [0.717, 1.165) is 28.1 Å². The molecule has 0 saturated carbocycles. The third-order valence-electron chi connectivity index (χ3n) is 3.45. The topological polar surface area (TPSA) is 68.0 Å². The van der Waals surface area contributed by atoms with Crippen LogP contribution in [0.2, 0.25) is 0 Å². The van der Waals surface area contributed by atoms with Crippen LogP contribution in [0.5, 0.6) is 0 Å². The van der Waals surface area contributed by atoms with E-state index in [2.05, 4.69) is 9.97 Å². The Hall–Kier alpha value is -2.69. The lowest BCUT2D eigenvalue weighted by Crippen LogP contribution is -2.04. The summed E-state index contributed by atoms with van der Waals surface area (Å²) in [5.41, 5.74) is 4.12. The van der Waals surface area contributed by atoms with Crippen molar-refractivity contribution in [2.45, 2.75) is 20.4 Å². The van der Waals surface area contributed by atoms with Crippen LogP contribution in [0.1, 0.15) is 27.3 Å². The van der Waals surface area contributed by atoms with Gasteiger partial charge in [-0.3, -0.25) is 0 Å². The third kappa shape index (κ3) is 2.50. The number of rotatable bonds is 3. The number of benzene rings is 1. The van der Waals surface area contributed by atoms with Crippen molar-refractivity contribution in [2.75, 3.05) is 0 Å². The fraction of sp³-hybridized carbons (Fsp3) is 0.188.